The maximum atomic E-state index is 9.93. The molecule has 1 atom stereocenters. The summed E-state index contributed by atoms with van der Waals surface area (Å²) in [7, 11) is 0. The molecule has 0 fully saturated rings. The highest BCUT2D eigenvalue weighted by atomic mass is 16.3. The Labute approximate surface area is 318 Å². The molecule has 1 unspecified atom stereocenters. The van der Waals surface area contributed by atoms with Gasteiger partial charge in [-0.25, -0.2) is 0 Å². The minimum absolute atomic E-state index is 0.613. The number of aliphatic hydroxyl groups is 1. The fourth-order valence-corrected chi connectivity index (χ4v) is 5.90. The van der Waals surface area contributed by atoms with Gasteiger partial charge in [0.05, 0.1) is 0 Å². The Bertz CT molecular complexity index is 1300. The first-order valence-corrected chi connectivity index (χ1v) is 20.2. The van der Waals surface area contributed by atoms with Crippen LogP contribution < -0.4 is 0 Å². The van der Waals surface area contributed by atoms with Crippen LogP contribution in [0.1, 0.15) is 192 Å². The van der Waals surface area contributed by atoms with Gasteiger partial charge in [-0.3, -0.25) is 0 Å². The summed E-state index contributed by atoms with van der Waals surface area (Å²) < 4.78 is 0. The summed E-state index contributed by atoms with van der Waals surface area (Å²) >= 11 is 0. The molecule has 1 N–H and O–H groups in total. The lowest BCUT2D eigenvalue weighted by atomic mass is 9.99. The number of rotatable bonds is 27. The molecule has 0 spiro atoms. The highest BCUT2D eigenvalue weighted by Gasteiger charge is 2.14. The standard InChI is InChI=1S/C50H80O/c1-13-50(12,51)40-22-39-49(11)38-21-37-48(10)36-20-35-47(9)34-19-33-46(8)32-18-31-45(7)30-17-29-44(6)28-16-27-43(5)26-15-25-42(4)24-14-23-41(2)3/h1,23,25,27,29,31,33,35,37,39,51H,14-22,24,26,28,30,32,34,36,38,40H2,2-12H3/b42-25+,43-27+,44-29+,45-31+,46-33+,47-35+,48-37+,49-39+. The van der Waals surface area contributed by atoms with Crippen molar-refractivity contribution in [1.82, 2.24) is 0 Å². The second-order valence-corrected chi connectivity index (χ2v) is 16.0. The first-order valence-electron chi connectivity index (χ1n) is 20.2. The van der Waals surface area contributed by atoms with E-state index in [1.807, 2.05) is 0 Å². The van der Waals surface area contributed by atoms with E-state index < -0.39 is 5.60 Å². The second-order valence-electron chi connectivity index (χ2n) is 16.0. The van der Waals surface area contributed by atoms with Crippen molar-refractivity contribution in [2.24, 2.45) is 0 Å². The van der Waals surface area contributed by atoms with Gasteiger partial charge in [0.25, 0.3) is 0 Å². The van der Waals surface area contributed by atoms with Gasteiger partial charge in [-0.1, -0.05) is 111 Å². The molecular weight excluding hydrogens is 617 g/mol. The number of terminal acetylenes is 1. The molecule has 1 heteroatoms. The minimum Gasteiger partial charge on any atom is -0.378 e. The van der Waals surface area contributed by atoms with Crippen molar-refractivity contribution >= 4 is 0 Å². The Hall–Kier alpha value is -2.82. The quantitative estimate of drug-likeness (QED) is 0.0669. The molecule has 0 aromatic rings. The molecule has 51 heavy (non-hydrogen) atoms. The molecule has 0 aromatic heterocycles. The zero-order chi connectivity index (χ0) is 38.5. The summed E-state index contributed by atoms with van der Waals surface area (Å²) in [6.45, 7) is 24.2. The molecule has 0 aliphatic heterocycles. The molecule has 0 bridgehead atoms. The van der Waals surface area contributed by atoms with Gasteiger partial charge in [0.15, 0.2) is 0 Å². The molecule has 0 heterocycles. The van der Waals surface area contributed by atoms with Crippen molar-refractivity contribution in [2.45, 2.75) is 197 Å². The lowest BCUT2D eigenvalue weighted by Crippen LogP contribution is -2.20. The van der Waals surface area contributed by atoms with Gasteiger partial charge in [0, 0.05) is 0 Å². The number of allylic oxidation sites excluding steroid dienone is 18. The molecule has 0 aliphatic carbocycles. The topological polar surface area (TPSA) is 20.2 Å². The second kappa shape index (κ2) is 29.7. The van der Waals surface area contributed by atoms with Crippen molar-refractivity contribution in [1.29, 1.82) is 0 Å². The first-order chi connectivity index (χ1) is 24.1. The summed E-state index contributed by atoms with van der Waals surface area (Å²) in [5.41, 5.74) is 12.4. The smallest absolute Gasteiger partial charge is 0.122 e. The minimum atomic E-state index is -0.997. The Morgan fingerprint density at radius 3 is 0.784 bits per heavy atom. The van der Waals surface area contributed by atoms with E-state index in [2.05, 4.69) is 130 Å². The molecule has 1 nitrogen and oxygen atoms in total. The Balaban J connectivity index is 4.25. The predicted molar refractivity (Wildman–Crippen MR) is 232 cm³/mol. The highest BCUT2D eigenvalue weighted by Crippen LogP contribution is 2.18. The van der Waals surface area contributed by atoms with Crippen molar-refractivity contribution in [3.8, 4) is 12.3 Å². The molecule has 0 amide bonds. The van der Waals surface area contributed by atoms with Crippen LogP contribution in [0.3, 0.4) is 0 Å². The van der Waals surface area contributed by atoms with Crippen molar-refractivity contribution in [3.05, 3.63) is 105 Å². The summed E-state index contributed by atoms with van der Waals surface area (Å²) in [5, 5.41) is 9.93. The third-order valence-corrected chi connectivity index (χ3v) is 9.75. The predicted octanol–water partition coefficient (Wildman–Crippen LogP) is 15.9. The van der Waals surface area contributed by atoms with Gasteiger partial charge < -0.3 is 5.11 Å². The van der Waals surface area contributed by atoms with Crippen LogP contribution in [0, 0.1) is 12.3 Å². The van der Waals surface area contributed by atoms with Crippen LogP contribution in [-0.2, 0) is 0 Å². The fourth-order valence-electron chi connectivity index (χ4n) is 5.90. The van der Waals surface area contributed by atoms with Crippen LogP contribution >= 0.6 is 0 Å². The Morgan fingerprint density at radius 1 is 0.392 bits per heavy atom. The third kappa shape index (κ3) is 31.6. The van der Waals surface area contributed by atoms with Crippen LogP contribution in [0.25, 0.3) is 0 Å². The van der Waals surface area contributed by atoms with Crippen LogP contribution in [0.5, 0.6) is 0 Å². The van der Waals surface area contributed by atoms with E-state index >= 15 is 0 Å². The van der Waals surface area contributed by atoms with Crippen LogP contribution in [0.15, 0.2) is 105 Å². The van der Waals surface area contributed by atoms with Crippen LogP contribution in [-0.4, -0.2) is 10.7 Å². The van der Waals surface area contributed by atoms with E-state index in [-0.39, 0.29) is 0 Å². The molecule has 286 valence electrons. The Kier molecular flexibility index (Phi) is 28.1. The van der Waals surface area contributed by atoms with E-state index in [9.17, 15) is 5.11 Å². The van der Waals surface area contributed by atoms with Crippen LogP contribution in [0.2, 0.25) is 0 Å². The molecule has 0 aromatic carbocycles. The van der Waals surface area contributed by atoms with E-state index in [0.717, 1.165) is 77.0 Å². The monoisotopic (exact) mass is 697 g/mol. The first kappa shape index (κ1) is 48.2. The zero-order valence-corrected chi connectivity index (χ0v) is 35.4. The van der Waals surface area contributed by atoms with Gasteiger partial charge in [0.2, 0.25) is 0 Å². The number of hydrogen-bond acceptors (Lipinski definition) is 1. The third-order valence-electron chi connectivity index (χ3n) is 9.75. The summed E-state index contributed by atoms with van der Waals surface area (Å²) in [4.78, 5) is 0. The molecular formula is C50H80O. The summed E-state index contributed by atoms with van der Waals surface area (Å²) in [6.07, 6.45) is 46.8. The molecule has 0 rings (SSSR count). The van der Waals surface area contributed by atoms with E-state index in [1.165, 1.54) is 82.3 Å². The Morgan fingerprint density at radius 2 is 0.588 bits per heavy atom. The maximum Gasteiger partial charge on any atom is 0.122 e. The normalized spacial score (nSPS) is 15.6. The lowest BCUT2D eigenvalue weighted by molar-refractivity contribution is 0.113. The lowest BCUT2D eigenvalue weighted by Gasteiger charge is -2.14. The largest absolute Gasteiger partial charge is 0.378 e. The zero-order valence-electron chi connectivity index (χ0n) is 35.4. The van der Waals surface area contributed by atoms with Crippen molar-refractivity contribution < 1.29 is 5.11 Å². The molecule has 0 saturated carbocycles. The average Bonchev–Trinajstić information content (AvgIpc) is 3.04. The van der Waals surface area contributed by atoms with Gasteiger partial charge in [0.1, 0.15) is 5.60 Å². The van der Waals surface area contributed by atoms with Gasteiger partial charge in [-0.15, -0.1) is 6.42 Å². The summed E-state index contributed by atoms with van der Waals surface area (Å²) in [5.74, 6) is 2.45. The van der Waals surface area contributed by atoms with Gasteiger partial charge in [-0.2, -0.15) is 0 Å². The maximum absolute atomic E-state index is 9.93. The van der Waals surface area contributed by atoms with E-state index in [1.54, 1.807) is 6.92 Å². The molecule has 0 radical (unpaired) electrons. The van der Waals surface area contributed by atoms with Crippen molar-refractivity contribution in [3.63, 3.8) is 0 Å². The van der Waals surface area contributed by atoms with Gasteiger partial charge in [-0.05, 0) is 192 Å². The SMILES string of the molecule is C#CC(C)(O)CC/C=C(\C)CC/C=C(\C)CC/C=C(\C)CC/C=C(\C)CC/C=C(\C)CC/C=C(\C)CC/C=C(\C)CC/C=C(\C)CCC=C(C)C. The van der Waals surface area contributed by atoms with Crippen molar-refractivity contribution in [2.75, 3.05) is 0 Å². The van der Waals surface area contributed by atoms with E-state index in [0.29, 0.717) is 6.42 Å². The molecule has 0 saturated heterocycles. The van der Waals surface area contributed by atoms with Crippen LogP contribution in [0.4, 0.5) is 0 Å². The summed E-state index contributed by atoms with van der Waals surface area (Å²) in [6, 6.07) is 0. The fraction of sp³-hybridized carbons (Fsp3) is 0.600. The highest BCUT2D eigenvalue weighted by molar-refractivity contribution is 5.11. The average molecular weight is 697 g/mol. The molecule has 0 aliphatic rings. The van der Waals surface area contributed by atoms with Gasteiger partial charge >= 0.3 is 0 Å². The number of hydrogen-bond donors (Lipinski definition) is 1. The van der Waals surface area contributed by atoms with E-state index in [4.69, 9.17) is 6.42 Å².